The quantitative estimate of drug-likeness (QED) is 0.654. The molecule has 1 heterocycles. The fourth-order valence-corrected chi connectivity index (χ4v) is 3.14. The molecule has 2 aromatic rings. The normalized spacial score (nSPS) is 12.7. The first-order chi connectivity index (χ1) is 9.96. The minimum atomic E-state index is -0.0694. The highest BCUT2D eigenvalue weighted by Crippen LogP contribution is 2.27. The summed E-state index contributed by atoms with van der Waals surface area (Å²) in [6.45, 7) is 4.05. The van der Waals surface area contributed by atoms with Crippen LogP contribution in [0.25, 0.3) is 0 Å². The van der Waals surface area contributed by atoms with Gasteiger partial charge in [-0.05, 0) is 36.6 Å². The molecule has 0 amide bonds. The number of halogens is 2. The predicted octanol–water partition coefficient (Wildman–Crippen LogP) is 3.34. The summed E-state index contributed by atoms with van der Waals surface area (Å²) in [6.07, 6.45) is 1.46. The van der Waals surface area contributed by atoms with Gasteiger partial charge in [0.2, 0.25) is 0 Å². The largest absolute Gasteiger partial charge is 0.271 e. The van der Waals surface area contributed by atoms with E-state index in [0.717, 1.165) is 34.0 Å². The number of nitrogens with one attached hydrogen (secondary N) is 1. The monoisotopic (exact) mass is 326 g/mol. The lowest BCUT2D eigenvalue weighted by atomic mass is 10.0. The number of hydrazine groups is 1. The molecule has 3 N–H and O–H groups in total. The number of nitrogens with two attached hydrogens (primary N) is 1. The van der Waals surface area contributed by atoms with E-state index >= 15 is 0 Å². The minimum Gasteiger partial charge on any atom is -0.271 e. The van der Waals surface area contributed by atoms with E-state index in [4.69, 9.17) is 29.0 Å². The molecule has 4 nitrogen and oxygen atoms in total. The zero-order chi connectivity index (χ0) is 15.6. The molecule has 21 heavy (non-hydrogen) atoms. The van der Waals surface area contributed by atoms with Gasteiger partial charge in [-0.15, -0.1) is 0 Å². The van der Waals surface area contributed by atoms with Crippen LogP contribution < -0.4 is 11.3 Å². The molecular formula is C15H20Cl2N4. The molecule has 0 spiro atoms. The molecule has 0 fully saturated rings. The Hall–Kier alpha value is -1.07. The second-order valence-electron chi connectivity index (χ2n) is 5.17. The Morgan fingerprint density at radius 1 is 1.33 bits per heavy atom. The molecule has 0 radical (unpaired) electrons. The first-order valence-corrected chi connectivity index (χ1v) is 7.65. The van der Waals surface area contributed by atoms with Gasteiger partial charge in [-0.3, -0.25) is 16.0 Å². The van der Waals surface area contributed by atoms with Gasteiger partial charge in [0, 0.05) is 18.5 Å². The Kier molecular flexibility index (Phi) is 5.27. The minimum absolute atomic E-state index is 0.0694. The van der Waals surface area contributed by atoms with Crippen LogP contribution in [0.1, 0.15) is 35.5 Å². The molecule has 1 aromatic heterocycles. The van der Waals surface area contributed by atoms with Crippen molar-refractivity contribution in [2.24, 2.45) is 12.9 Å². The molecule has 114 valence electrons. The van der Waals surface area contributed by atoms with Crippen LogP contribution in [0, 0.1) is 6.92 Å². The molecule has 1 aromatic carbocycles. The molecule has 1 atom stereocenters. The molecule has 0 saturated carbocycles. The molecular weight excluding hydrogens is 307 g/mol. The van der Waals surface area contributed by atoms with E-state index in [1.54, 1.807) is 0 Å². The van der Waals surface area contributed by atoms with E-state index < -0.39 is 0 Å². The summed E-state index contributed by atoms with van der Waals surface area (Å²) in [5, 5.41) is 5.86. The van der Waals surface area contributed by atoms with Gasteiger partial charge >= 0.3 is 0 Å². The highest BCUT2D eigenvalue weighted by molar-refractivity contribution is 6.32. The van der Waals surface area contributed by atoms with Gasteiger partial charge in [0.1, 0.15) is 0 Å². The Bertz CT molecular complexity index is 617. The summed E-state index contributed by atoms with van der Waals surface area (Å²) in [5.41, 5.74) is 6.86. The highest BCUT2D eigenvalue weighted by atomic mass is 35.5. The maximum absolute atomic E-state index is 6.40. The molecule has 0 aliphatic rings. The second-order valence-corrected chi connectivity index (χ2v) is 5.98. The number of benzene rings is 1. The third-order valence-corrected chi connectivity index (χ3v) is 4.22. The summed E-state index contributed by atoms with van der Waals surface area (Å²) < 4.78 is 1.82. The highest BCUT2D eigenvalue weighted by Gasteiger charge is 2.19. The summed E-state index contributed by atoms with van der Waals surface area (Å²) in [6, 6.07) is 5.84. The lowest BCUT2D eigenvalue weighted by molar-refractivity contribution is 0.529. The zero-order valence-electron chi connectivity index (χ0n) is 12.5. The van der Waals surface area contributed by atoms with Gasteiger partial charge in [-0.2, -0.15) is 5.10 Å². The van der Waals surface area contributed by atoms with E-state index in [1.165, 1.54) is 0 Å². The zero-order valence-corrected chi connectivity index (χ0v) is 14.0. The van der Waals surface area contributed by atoms with Crippen LogP contribution in [0.2, 0.25) is 10.0 Å². The molecule has 0 bridgehead atoms. The van der Waals surface area contributed by atoms with E-state index in [0.29, 0.717) is 11.4 Å². The molecule has 2 rings (SSSR count). The molecule has 6 heteroatoms. The lowest BCUT2D eigenvalue weighted by Gasteiger charge is -2.17. The van der Waals surface area contributed by atoms with Crippen LogP contribution >= 0.6 is 23.2 Å². The summed E-state index contributed by atoms with van der Waals surface area (Å²) in [7, 11) is 1.90. The van der Waals surface area contributed by atoms with Gasteiger partial charge in [0.25, 0.3) is 0 Å². The third-order valence-electron chi connectivity index (χ3n) is 3.57. The van der Waals surface area contributed by atoms with Crippen LogP contribution in [0.3, 0.4) is 0 Å². The smallest absolute Gasteiger partial charge is 0.0850 e. The van der Waals surface area contributed by atoms with Gasteiger partial charge in [-0.25, -0.2) is 0 Å². The van der Waals surface area contributed by atoms with Crippen LogP contribution in [-0.2, 0) is 19.9 Å². The van der Waals surface area contributed by atoms with E-state index in [2.05, 4.69) is 16.6 Å². The van der Waals surface area contributed by atoms with Gasteiger partial charge in [-0.1, -0.05) is 36.2 Å². The van der Waals surface area contributed by atoms with E-state index in [-0.39, 0.29) is 6.04 Å². The summed E-state index contributed by atoms with van der Waals surface area (Å²) in [4.78, 5) is 0. The van der Waals surface area contributed by atoms with Gasteiger partial charge in [0.15, 0.2) is 0 Å². The maximum atomic E-state index is 6.40. The Labute approximate surface area is 135 Å². The predicted molar refractivity (Wildman–Crippen MR) is 87.6 cm³/mol. The number of aryl methyl sites for hydroxylation is 3. The lowest BCUT2D eigenvalue weighted by Crippen LogP contribution is -2.30. The number of nitrogens with zero attached hydrogens (tertiary/aromatic N) is 2. The first kappa shape index (κ1) is 16.3. The summed E-state index contributed by atoms with van der Waals surface area (Å²) >= 11 is 12.5. The Morgan fingerprint density at radius 3 is 2.57 bits per heavy atom. The van der Waals surface area contributed by atoms with Gasteiger partial charge in [0.05, 0.1) is 22.5 Å². The standard InChI is InChI=1S/C15H20Cl2N4/c1-4-12-15(17)14(21(3)20-12)8-13(19-18)10-5-9(2)6-11(16)7-10/h5-7,13,19H,4,8,18H2,1-3H3. The average Bonchev–Trinajstić information content (AvgIpc) is 2.70. The fourth-order valence-electron chi connectivity index (χ4n) is 2.47. The van der Waals surface area contributed by atoms with Crippen molar-refractivity contribution < 1.29 is 0 Å². The van der Waals surface area contributed by atoms with Crippen molar-refractivity contribution >= 4 is 23.2 Å². The first-order valence-electron chi connectivity index (χ1n) is 6.89. The number of rotatable bonds is 5. The topological polar surface area (TPSA) is 55.9 Å². The number of hydrogen-bond acceptors (Lipinski definition) is 3. The van der Waals surface area contributed by atoms with Crippen molar-refractivity contribution in [1.82, 2.24) is 15.2 Å². The van der Waals surface area contributed by atoms with E-state index in [1.807, 2.05) is 37.7 Å². The average molecular weight is 327 g/mol. The van der Waals surface area contributed by atoms with Crippen LogP contribution in [0.4, 0.5) is 0 Å². The fraction of sp³-hybridized carbons (Fsp3) is 0.400. The maximum Gasteiger partial charge on any atom is 0.0850 e. The van der Waals surface area contributed by atoms with Crippen molar-refractivity contribution in [3.8, 4) is 0 Å². The molecule has 1 unspecified atom stereocenters. The Morgan fingerprint density at radius 2 is 2.05 bits per heavy atom. The van der Waals surface area contributed by atoms with Crippen molar-refractivity contribution in [3.63, 3.8) is 0 Å². The number of aromatic nitrogens is 2. The van der Waals surface area contributed by atoms with Crippen LogP contribution in [-0.4, -0.2) is 9.78 Å². The van der Waals surface area contributed by atoms with Crippen molar-refractivity contribution in [3.05, 3.63) is 50.8 Å². The SMILES string of the molecule is CCc1nn(C)c(CC(NN)c2cc(C)cc(Cl)c2)c1Cl. The Balaban J connectivity index is 2.33. The van der Waals surface area contributed by atoms with Crippen molar-refractivity contribution in [2.45, 2.75) is 32.7 Å². The summed E-state index contributed by atoms with van der Waals surface area (Å²) in [5.74, 6) is 5.73. The van der Waals surface area contributed by atoms with Crippen molar-refractivity contribution in [1.29, 1.82) is 0 Å². The molecule has 0 aliphatic carbocycles. The number of hydrogen-bond donors (Lipinski definition) is 2. The third kappa shape index (κ3) is 3.58. The van der Waals surface area contributed by atoms with Crippen LogP contribution in [0.5, 0.6) is 0 Å². The van der Waals surface area contributed by atoms with Gasteiger partial charge < -0.3 is 0 Å². The second kappa shape index (κ2) is 6.79. The van der Waals surface area contributed by atoms with Crippen LogP contribution in [0.15, 0.2) is 18.2 Å². The molecule has 0 aliphatic heterocycles. The molecule has 0 saturated heterocycles. The van der Waals surface area contributed by atoms with Crippen molar-refractivity contribution in [2.75, 3.05) is 0 Å². The van der Waals surface area contributed by atoms with E-state index in [9.17, 15) is 0 Å².